The maximum Gasteiger partial charge on any atom is 0.324 e. The highest BCUT2D eigenvalue weighted by molar-refractivity contribution is 5.64. The molecule has 1 aliphatic heterocycles. The van der Waals surface area contributed by atoms with Gasteiger partial charge < -0.3 is 10.0 Å². The standard InChI is InChI=1S/C15H21N.C6H3N3O7/c1-16-11-10-15(9-5-8-14(15)12-16)13-6-3-2-4-7-13;10-6-4(8(13)14)1-3(7(11)12)2-5(6)9(15)16/h2-4,6-7,14H,5,8-12H2,1H3;1-2,10H/t14-,15-;/m1./s1. The lowest BCUT2D eigenvalue weighted by molar-refractivity contribution is -0.404. The molecule has 2 aromatic rings. The van der Waals surface area contributed by atoms with E-state index in [1.165, 1.54) is 38.8 Å². The van der Waals surface area contributed by atoms with Gasteiger partial charge in [0, 0.05) is 12.0 Å². The number of hydrogen-bond acceptors (Lipinski definition) is 8. The third-order valence-corrected chi connectivity index (χ3v) is 6.44. The lowest BCUT2D eigenvalue weighted by Gasteiger charge is -2.43. The summed E-state index contributed by atoms with van der Waals surface area (Å²) >= 11 is 0. The van der Waals surface area contributed by atoms with Crippen molar-refractivity contribution < 1.29 is 19.9 Å². The van der Waals surface area contributed by atoms with Crippen molar-refractivity contribution in [2.24, 2.45) is 5.92 Å². The van der Waals surface area contributed by atoms with Gasteiger partial charge >= 0.3 is 11.4 Å². The predicted molar refractivity (Wildman–Crippen MR) is 116 cm³/mol. The summed E-state index contributed by atoms with van der Waals surface area (Å²) in [6, 6.07) is 12.1. The van der Waals surface area contributed by atoms with E-state index in [-0.39, 0.29) is 0 Å². The third-order valence-electron chi connectivity index (χ3n) is 6.44. The number of rotatable bonds is 4. The highest BCUT2D eigenvalue weighted by Crippen LogP contribution is 2.50. The van der Waals surface area contributed by atoms with E-state index in [1.807, 2.05) is 0 Å². The van der Waals surface area contributed by atoms with E-state index in [1.54, 1.807) is 5.56 Å². The van der Waals surface area contributed by atoms with Crippen molar-refractivity contribution in [3.63, 3.8) is 0 Å². The molecule has 0 spiro atoms. The largest absolute Gasteiger partial charge is 0.497 e. The van der Waals surface area contributed by atoms with Gasteiger partial charge in [-0.1, -0.05) is 36.8 Å². The van der Waals surface area contributed by atoms with E-state index >= 15 is 0 Å². The van der Waals surface area contributed by atoms with Crippen molar-refractivity contribution in [3.05, 3.63) is 78.4 Å². The number of non-ortho nitro benzene ring substituents is 1. The molecule has 1 N–H and O–H groups in total. The van der Waals surface area contributed by atoms with Crippen LogP contribution in [0.15, 0.2) is 42.5 Å². The molecule has 0 amide bonds. The number of benzene rings is 2. The lowest BCUT2D eigenvalue weighted by atomic mass is 9.68. The number of aromatic hydroxyl groups is 1. The Morgan fingerprint density at radius 3 is 2.09 bits per heavy atom. The Morgan fingerprint density at radius 2 is 1.56 bits per heavy atom. The number of phenolic OH excluding ortho intramolecular Hbond substituents is 1. The molecule has 2 fully saturated rings. The van der Waals surface area contributed by atoms with Crippen molar-refractivity contribution in [3.8, 4) is 5.75 Å². The van der Waals surface area contributed by atoms with Crippen LogP contribution in [0.5, 0.6) is 5.75 Å². The Kier molecular flexibility index (Phi) is 6.68. The van der Waals surface area contributed by atoms with Crippen molar-refractivity contribution in [2.75, 3.05) is 20.1 Å². The first kappa shape index (κ1) is 23.1. The first-order chi connectivity index (χ1) is 15.2. The summed E-state index contributed by atoms with van der Waals surface area (Å²) < 4.78 is 0. The van der Waals surface area contributed by atoms with E-state index < -0.39 is 37.6 Å². The van der Waals surface area contributed by atoms with Crippen molar-refractivity contribution >= 4 is 17.1 Å². The predicted octanol–water partition coefficient (Wildman–Crippen LogP) is 4.18. The Morgan fingerprint density at radius 1 is 0.969 bits per heavy atom. The van der Waals surface area contributed by atoms with Gasteiger partial charge in [-0.25, -0.2) is 0 Å². The van der Waals surface area contributed by atoms with Crippen molar-refractivity contribution in [2.45, 2.75) is 31.1 Å². The summed E-state index contributed by atoms with van der Waals surface area (Å²) in [7, 11) is 2.27. The maximum absolute atomic E-state index is 10.4. The molecule has 1 saturated carbocycles. The SMILES string of the molecule is CN1CC[C@@]2(c3ccccc3)CCC[C@@H]2C1.O=[N+]([O-])c1cc([N+](=O)[O-])c(O)c([N+](=O)[O-])c1. The van der Waals surface area contributed by atoms with E-state index in [2.05, 4.69) is 42.3 Å². The summed E-state index contributed by atoms with van der Waals surface area (Å²) in [6.45, 7) is 2.57. The monoisotopic (exact) mass is 444 g/mol. The Balaban J connectivity index is 0.000000181. The van der Waals surface area contributed by atoms with E-state index in [4.69, 9.17) is 5.11 Å². The zero-order chi connectivity index (χ0) is 23.5. The number of likely N-dealkylation sites (tertiary alicyclic amines) is 1. The van der Waals surface area contributed by atoms with Crippen LogP contribution in [0.1, 0.15) is 31.2 Å². The van der Waals surface area contributed by atoms with Crippen LogP contribution in [0, 0.1) is 36.3 Å². The molecule has 11 nitrogen and oxygen atoms in total. The minimum atomic E-state index is -1.21. The van der Waals surface area contributed by atoms with Crippen LogP contribution >= 0.6 is 0 Å². The van der Waals surface area contributed by atoms with E-state index in [0.717, 1.165) is 5.92 Å². The topological polar surface area (TPSA) is 153 Å². The summed E-state index contributed by atoms with van der Waals surface area (Å²) in [6.07, 6.45) is 5.63. The summed E-state index contributed by atoms with van der Waals surface area (Å²) in [4.78, 5) is 30.3. The van der Waals surface area contributed by atoms with Gasteiger partial charge in [0.25, 0.3) is 11.4 Å². The second kappa shape index (κ2) is 9.27. The third kappa shape index (κ3) is 4.52. The Hall–Kier alpha value is -3.60. The highest BCUT2D eigenvalue weighted by Gasteiger charge is 2.46. The Bertz CT molecular complexity index is 995. The minimum Gasteiger partial charge on any atom is -0.497 e. The fraction of sp³-hybridized carbons (Fsp3) is 0.429. The zero-order valence-corrected chi connectivity index (χ0v) is 17.5. The number of piperidine rings is 1. The molecule has 11 heteroatoms. The first-order valence-corrected chi connectivity index (χ1v) is 10.2. The fourth-order valence-corrected chi connectivity index (χ4v) is 4.87. The van der Waals surface area contributed by atoms with E-state index in [0.29, 0.717) is 17.5 Å². The molecule has 1 saturated heterocycles. The second-order valence-electron chi connectivity index (χ2n) is 8.23. The molecule has 170 valence electrons. The number of nitro groups is 3. The number of phenols is 1. The zero-order valence-electron chi connectivity index (χ0n) is 17.5. The molecule has 1 aliphatic carbocycles. The number of nitrogens with zero attached hydrogens (tertiary/aromatic N) is 4. The molecule has 2 atom stereocenters. The normalized spacial score (nSPS) is 22.3. The summed E-state index contributed by atoms with van der Waals surface area (Å²) in [5.41, 5.74) is -0.878. The van der Waals surface area contributed by atoms with Gasteiger partial charge in [0.1, 0.15) is 0 Å². The molecule has 32 heavy (non-hydrogen) atoms. The number of nitro benzene ring substituents is 3. The first-order valence-electron chi connectivity index (χ1n) is 10.2. The molecule has 0 radical (unpaired) electrons. The maximum atomic E-state index is 10.4. The summed E-state index contributed by atoms with van der Waals surface area (Å²) in [5.74, 6) is -0.311. The van der Waals surface area contributed by atoms with Crippen molar-refractivity contribution in [1.29, 1.82) is 0 Å². The number of fused-ring (bicyclic) bond motifs is 1. The van der Waals surface area contributed by atoms with Gasteiger partial charge in [-0.2, -0.15) is 0 Å². The Labute approximate surface area is 183 Å². The molecular weight excluding hydrogens is 420 g/mol. The van der Waals surface area contributed by atoms with Crippen LogP contribution in [0.2, 0.25) is 0 Å². The van der Waals surface area contributed by atoms with Gasteiger partial charge in [0.15, 0.2) is 0 Å². The second-order valence-corrected chi connectivity index (χ2v) is 8.23. The van der Waals surface area contributed by atoms with Crippen LogP contribution < -0.4 is 0 Å². The quantitative estimate of drug-likeness (QED) is 0.544. The molecule has 1 heterocycles. The minimum absolute atomic E-state index is 0.447. The van der Waals surface area contributed by atoms with Crippen LogP contribution in [0.3, 0.4) is 0 Å². The average Bonchev–Trinajstić information content (AvgIpc) is 3.18. The van der Waals surface area contributed by atoms with Gasteiger partial charge in [0.05, 0.1) is 26.9 Å². The molecular formula is C21H24N4O7. The van der Waals surface area contributed by atoms with Gasteiger partial charge in [0.2, 0.25) is 0 Å². The van der Waals surface area contributed by atoms with Crippen LogP contribution in [0.4, 0.5) is 17.1 Å². The van der Waals surface area contributed by atoms with Crippen LogP contribution in [-0.2, 0) is 5.41 Å². The molecule has 0 unspecified atom stereocenters. The molecule has 0 bridgehead atoms. The van der Waals surface area contributed by atoms with Gasteiger partial charge in [-0.05, 0) is 44.3 Å². The molecule has 2 aromatic carbocycles. The lowest BCUT2D eigenvalue weighted by Crippen LogP contribution is -2.45. The average molecular weight is 444 g/mol. The van der Waals surface area contributed by atoms with Crippen molar-refractivity contribution in [1.82, 2.24) is 4.90 Å². The van der Waals surface area contributed by atoms with Gasteiger partial charge in [-0.3, -0.25) is 30.3 Å². The highest BCUT2D eigenvalue weighted by atomic mass is 16.6. The smallest absolute Gasteiger partial charge is 0.324 e. The van der Waals surface area contributed by atoms with Crippen LogP contribution in [0.25, 0.3) is 0 Å². The van der Waals surface area contributed by atoms with Crippen LogP contribution in [-0.4, -0.2) is 44.9 Å². The fourth-order valence-electron chi connectivity index (χ4n) is 4.87. The molecule has 2 aliphatic rings. The van der Waals surface area contributed by atoms with E-state index in [9.17, 15) is 30.3 Å². The molecule has 4 rings (SSSR count). The summed E-state index contributed by atoms with van der Waals surface area (Å²) in [5, 5.41) is 40.2. The van der Waals surface area contributed by atoms with Gasteiger partial charge in [-0.15, -0.1) is 0 Å². The number of hydrogen-bond donors (Lipinski definition) is 1. The molecule has 0 aromatic heterocycles.